The first-order chi connectivity index (χ1) is 9.55. The van der Waals surface area contributed by atoms with Crippen molar-refractivity contribution in [3.63, 3.8) is 0 Å². The predicted octanol–water partition coefficient (Wildman–Crippen LogP) is -0.422. The Bertz CT molecular complexity index is 489. The Morgan fingerprint density at radius 3 is 2.50 bits per heavy atom. The lowest BCUT2D eigenvalue weighted by Gasteiger charge is -2.32. The molecule has 1 aromatic rings. The van der Waals surface area contributed by atoms with Crippen LogP contribution in [0, 0.1) is 0 Å². The Morgan fingerprint density at radius 2 is 1.90 bits per heavy atom. The van der Waals surface area contributed by atoms with Gasteiger partial charge < -0.3 is 20.4 Å². The van der Waals surface area contributed by atoms with Gasteiger partial charge in [-0.1, -0.05) is 0 Å². The van der Waals surface area contributed by atoms with Crippen LogP contribution < -0.4 is 15.5 Å². The van der Waals surface area contributed by atoms with Crippen LogP contribution in [-0.4, -0.2) is 65.5 Å². The second-order valence-electron chi connectivity index (χ2n) is 4.70. The molecule has 0 aromatic carbocycles. The van der Waals surface area contributed by atoms with Gasteiger partial charge in [-0.25, -0.2) is 0 Å². The molecule has 110 valence electrons. The van der Waals surface area contributed by atoms with Crippen LogP contribution in [0.3, 0.4) is 0 Å². The van der Waals surface area contributed by atoms with Crippen LogP contribution in [0.15, 0.2) is 0 Å². The number of hydrogen-bond acceptors (Lipinski definition) is 7. The molecule has 2 heterocycles. The second-order valence-corrected chi connectivity index (χ2v) is 4.70. The van der Waals surface area contributed by atoms with Gasteiger partial charge in [0.25, 0.3) is 0 Å². The van der Waals surface area contributed by atoms with E-state index in [1.807, 2.05) is 23.6 Å². The molecule has 0 radical (unpaired) electrons. The van der Waals surface area contributed by atoms with Gasteiger partial charge >= 0.3 is 0 Å². The molecule has 1 aliphatic heterocycles. The Balaban J connectivity index is 2.26. The number of amides is 1. The van der Waals surface area contributed by atoms with Crippen molar-refractivity contribution in [1.82, 2.24) is 19.9 Å². The molecule has 0 unspecified atom stereocenters. The summed E-state index contributed by atoms with van der Waals surface area (Å²) < 4.78 is 0. The van der Waals surface area contributed by atoms with E-state index in [4.69, 9.17) is 5.73 Å². The zero-order chi connectivity index (χ0) is 14.7. The van der Waals surface area contributed by atoms with Crippen molar-refractivity contribution in [1.29, 1.82) is 0 Å². The van der Waals surface area contributed by atoms with E-state index in [0.717, 1.165) is 13.1 Å². The van der Waals surface area contributed by atoms with E-state index in [0.29, 0.717) is 25.0 Å². The summed E-state index contributed by atoms with van der Waals surface area (Å²) in [6, 6.07) is 0. The van der Waals surface area contributed by atoms with Crippen molar-refractivity contribution in [3.05, 3.63) is 0 Å². The fourth-order valence-electron chi connectivity index (χ4n) is 2.09. The number of anilines is 3. The second kappa shape index (κ2) is 5.89. The fourth-order valence-corrected chi connectivity index (χ4v) is 2.09. The highest BCUT2D eigenvalue weighted by Crippen LogP contribution is 2.16. The van der Waals surface area contributed by atoms with Crippen LogP contribution in [0.4, 0.5) is 17.8 Å². The molecule has 1 saturated heterocycles. The normalized spacial score (nSPS) is 15.7. The largest absolute Gasteiger partial charge is 0.368 e. The molecule has 1 aliphatic rings. The van der Waals surface area contributed by atoms with E-state index in [9.17, 15) is 4.79 Å². The van der Waals surface area contributed by atoms with Gasteiger partial charge in [-0.15, -0.1) is 0 Å². The summed E-state index contributed by atoms with van der Waals surface area (Å²) in [7, 11) is 1.79. The van der Waals surface area contributed by atoms with Gasteiger partial charge in [0.15, 0.2) is 0 Å². The van der Waals surface area contributed by atoms with Crippen LogP contribution in [0.5, 0.6) is 0 Å². The molecule has 1 fully saturated rings. The van der Waals surface area contributed by atoms with Gasteiger partial charge in [0.1, 0.15) is 0 Å². The fraction of sp³-hybridized carbons (Fsp3) is 0.667. The Morgan fingerprint density at radius 1 is 1.20 bits per heavy atom. The highest BCUT2D eigenvalue weighted by Gasteiger charge is 2.24. The minimum absolute atomic E-state index is 0.0552. The average molecular weight is 279 g/mol. The minimum atomic E-state index is 0.0552. The lowest BCUT2D eigenvalue weighted by Crippen LogP contribution is -2.49. The van der Waals surface area contributed by atoms with E-state index in [2.05, 4.69) is 15.0 Å². The third-order valence-electron chi connectivity index (χ3n) is 3.42. The maximum absolute atomic E-state index is 11.8. The maximum atomic E-state index is 11.8. The van der Waals surface area contributed by atoms with Crippen molar-refractivity contribution in [2.75, 3.05) is 55.3 Å². The third kappa shape index (κ3) is 2.89. The van der Waals surface area contributed by atoms with E-state index < -0.39 is 0 Å². The van der Waals surface area contributed by atoms with Gasteiger partial charge in [-0.05, 0) is 13.8 Å². The number of nitrogens with two attached hydrogens (primary N) is 1. The van der Waals surface area contributed by atoms with E-state index >= 15 is 0 Å². The summed E-state index contributed by atoms with van der Waals surface area (Å²) in [6.45, 7) is 7.28. The van der Waals surface area contributed by atoms with Crippen molar-refractivity contribution >= 4 is 23.8 Å². The van der Waals surface area contributed by atoms with E-state index in [-0.39, 0.29) is 18.4 Å². The third-order valence-corrected chi connectivity index (χ3v) is 3.42. The molecule has 8 heteroatoms. The highest BCUT2D eigenvalue weighted by molar-refractivity contribution is 5.82. The Labute approximate surface area is 118 Å². The first kappa shape index (κ1) is 14.3. The monoisotopic (exact) mass is 279 g/mol. The van der Waals surface area contributed by atoms with Gasteiger partial charge in [0.05, 0.1) is 6.54 Å². The predicted molar refractivity (Wildman–Crippen MR) is 77.7 cm³/mol. The standard InChI is InChI=1S/C12H21N7O/c1-4-18(5-2)11-14-10(13)15-12(16-11)19-7-6-17(3)9(20)8-19/h4-8H2,1-3H3,(H2,13,14,15,16). The number of aromatic nitrogens is 3. The van der Waals surface area contributed by atoms with Gasteiger partial charge in [-0.2, -0.15) is 15.0 Å². The molecule has 2 rings (SSSR count). The topological polar surface area (TPSA) is 91.5 Å². The van der Waals surface area contributed by atoms with Crippen molar-refractivity contribution in [2.45, 2.75) is 13.8 Å². The zero-order valence-corrected chi connectivity index (χ0v) is 12.2. The maximum Gasteiger partial charge on any atom is 0.242 e. The number of rotatable bonds is 4. The molecule has 20 heavy (non-hydrogen) atoms. The average Bonchev–Trinajstić information content (AvgIpc) is 2.42. The lowest BCUT2D eigenvalue weighted by molar-refractivity contribution is -0.129. The van der Waals surface area contributed by atoms with Crippen LogP contribution in [0.25, 0.3) is 0 Å². The molecule has 1 amide bonds. The smallest absolute Gasteiger partial charge is 0.242 e. The number of nitrogen functional groups attached to an aromatic ring is 1. The highest BCUT2D eigenvalue weighted by atomic mass is 16.2. The molecule has 0 bridgehead atoms. The first-order valence-electron chi connectivity index (χ1n) is 6.80. The molecule has 0 aliphatic carbocycles. The number of carbonyl (C=O) groups is 1. The van der Waals surface area contributed by atoms with Crippen molar-refractivity contribution in [2.24, 2.45) is 0 Å². The lowest BCUT2D eigenvalue weighted by atomic mass is 10.3. The summed E-state index contributed by atoms with van der Waals surface area (Å²) in [6.07, 6.45) is 0. The molecule has 8 nitrogen and oxygen atoms in total. The summed E-state index contributed by atoms with van der Waals surface area (Å²) in [4.78, 5) is 30.1. The summed E-state index contributed by atoms with van der Waals surface area (Å²) in [5.41, 5.74) is 5.76. The molecule has 0 saturated carbocycles. The van der Waals surface area contributed by atoms with E-state index in [1.165, 1.54) is 0 Å². The van der Waals surface area contributed by atoms with Crippen molar-refractivity contribution < 1.29 is 4.79 Å². The number of hydrogen-bond donors (Lipinski definition) is 1. The van der Waals surface area contributed by atoms with E-state index in [1.54, 1.807) is 11.9 Å². The zero-order valence-electron chi connectivity index (χ0n) is 12.2. The summed E-state index contributed by atoms with van der Waals surface area (Å²) in [5.74, 6) is 1.27. The van der Waals surface area contributed by atoms with Crippen LogP contribution in [0.1, 0.15) is 13.8 Å². The Hall–Kier alpha value is -2.12. The summed E-state index contributed by atoms with van der Waals surface area (Å²) >= 11 is 0. The Kier molecular flexibility index (Phi) is 4.21. The van der Waals surface area contributed by atoms with Crippen LogP contribution in [0.2, 0.25) is 0 Å². The molecule has 0 atom stereocenters. The SMILES string of the molecule is CCN(CC)c1nc(N)nc(N2CCN(C)C(=O)C2)n1. The molecular weight excluding hydrogens is 258 g/mol. The number of likely N-dealkylation sites (N-methyl/N-ethyl adjacent to an activating group) is 1. The first-order valence-corrected chi connectivity index (χ1v) is 6.80. The number of nitrogens with zero attached hydrogens (tertiary/aromatic N) is 6. The van der Waals surface area contributed by atoms with Gasteiger partial charge in [-0.3, -0.25) is 4.79 Å². The quantitative estimate of drug-likeness (QED) is 0.800. The molecular formula is C12H21N7O. The van der Waals surface area contributed by atoms with Crippen LogP contribution >= 0.6 is 0 Å². The van der Waals surface area contributed by atoms with Gasteiger partial charge in [0, 0.05) is 33.2 Å². The van der Waals surface area contributed by atoms with Crippen LogP contribution in [-0.2, 0) is 4.79 Å². The van der Waals surface area contributed by atoms with Gasteiger partial charge in [0.2, 0.25) is 23.8 Å². The molecule has 0 spiro atoms. The molecule has 1 aromatic heterocycles. The minimum Gasteiger partial charge on any atom is -0.368 e. The number of carbonyl (C=O) groups excluding carboxylic acids is 1. The van der Waals surface area contributed by atoms with Crippen molar-refractivity contribution in [3.8, 4) is 0 Å². The molecule has 2 N–H and O–H groups in total. The number of piperazine rings is 1. The summed E-state index contributed by atoms with van der Waals surface area (Å²) in [5, 5.41) is 0.